The van der Waals surface area contributed by atoms with Gasteiger partial charge in [0.25, 0.3) is 6.43 Å². The molecular weight excluding hydrogens is 270 g/mol. The third-order valence-electron chi connectivity index (χ3n) is 1.96. The van der Waals surface area contributed by atoms with Crippen LogP contribution in [0.3, 0.4) is 0 Å². The first-order valence-corrected chi connectivity index (χ1v) is 5.74. The minimum atomic E-state index is -2.75. The lowest BCUT2D eigenvalue weighted by atomic mass is 10.2. The maximum Gasteiger partial charge on any atom is 0.416 e. The average molecular weight is 284 g/mol. The second-order valence-electron chi connectivity index (χ2n) is 4.85. The smallest absolute Gasteiger partial charge is 0.416 e. The summed E-state index contributed by atoms with van der Waals surface area (Å²) < 4.78 is 30.2. The van der Waals surface area contributed by atoms with Gasteiger partial charge in [-0.15, -0.1) is 0 Å². The molecule has 1 amide bonds. The molecule has 108 valence electrons. The van der Waals surface area contributed by atoms with Crippen molar-refractivity contribution in [1.29, 1.82) is 5.26 Å². The quantitative estimate of drug-likeness (QED) is 0.851. The fraction of sp³-hybridized carbons (Fsp3) is 0.500. The van der Waals surface area contributed by atoms with Crippen LogP contribution in [0.4, 0.5) is 19.4 Å². The Morgan fingerprint density at radius 3 is 2.50 bits per heavy atom. The molecule has 8 heteroatoms. The highest BCUT2D eigenvalue weighted by atomic mass is 19.3. The predicted octanol–water partition coefficient (Wildman–Crippen LogP) is 2.35. The summed E-state index contributed by atoms with van der Waals surface area (Å²) in [5, 5.41) is 8.60. The van der Waals surface area contributed by atoms with Crippen LogP contribution >= 0.6 is 0 Å². The van der Waals surface area contributed by atoms with Gasteiger partial charge in [0.2, 0.25) is 0 Å². The number of nitrogens with zero attached hydrogens (tertiary/aromatic N) is 4. The van der Waals surface area contributed by atoms with Crippen molar-refractivity contribution in [2.24, 2.45) is 0 Å². The standard InChI is InChI=1S/C12H14F2N4O2/c1-12(2,3)20-11(19)18(7-9(13)14)10-6-16-8(4-15)5-17-10/h5-6,9H,7H2,1-3H3. The van der Waals surface area contributed by atoms with Crippen LogP contribution in [0.1, 0.15) is 26.5 Å². The SMILES string of the molecule is CC(C)(C)OC(=O)N(CC(F)F)c1cnc(C#N)cn1. The number of ether oxygens (including phenoxy) is 1. The van der Waals surface area contributed by atoms with Crippen molar-refractivity contribution in [3.05, 3.63) is 18.1 Å². The van der Waals surface area contributed by atoms with E-state index in [9.17, 15) is 13.6 Å². The van der Waals surface area contributed by atoms with E-state index in [1.54, 1.807) is 26.8 Å². The summed E-state index contributed by atoms with van der Waals surface area (Å²) in [6, 6.07) is 1.74. The van der Waals surface area contributed by atoms with E-state index in [0.29, 0.717) is 4.90 Å². The number of carbonyl (C=O) groups excluding carboxylic acids is 1. The molecule has 0 saturated carbocycles. The van der Waals surface area contributed by atoms with Crippen molar-refractivity contribution < 1.29 is 18.3 Å². The third kappa shape index (κ3) is 4.76. The molecule has 0 aliphatic rings. The van der Waals surface area contributed by atoms with Crippen LogP contribution in [-0.2, 0) is 4.74 Å². The lowest BCUT2D eigenvalue weighted by Crippen LogP contribution is -2.40. The van der Waals surface area contributed by atoms with Crippen LogP contribution in [0.15, 0.2) is 12.4 Å². The Morgan fingerprint density at radius 2 is 2.10 bits per heavy atom. The van der Waals surface area contributed by atoms with Crippen LogP contribution in [0.25, 0.3) is 0 Å². The second kappa shape index (κ2) is 6.23. The van der Waals surface area contributed by atoms with Crippen molar-refractivity contribution in [1.82, 2.24) is 9.97 Å². The van der Waals surface area contributed by atoms with Gasteiger partial charge in [-0.25, -0.2) is 23.5 Å². The van der Waals surface area contributed by atoms with E-state index >= 15 is 0 Å². The summed E-state index contributed by atoms with van der Waals surface area (Å²) >= 11 is 0. The zero-order chi connectivity index (χ0) is 15.3. The van der Waals surface area contributed by atoms with Crippen molar-refractivity contribution >= 4 is 11.9 Å². The molecule has 1 heterocycles. The fourth-order valence-corrected chi connectivity index (χ4v) is 1.23. The molecule has 0 fully saturated rings. The molecule has 0 N–H and O–H groups in total. The van der Waals surface area contributed by atoms with Gasteiger partial charge in [0, 0.05) is 0 Å². The third-order valence-corrected chi connectivity index (χ3v) is 1.96. The highest BCUT2D eigenvalue weighted by molar-refractivity contribution is 5.86. The molecule has 0 aliphatic carbocycles. The van der Waals surface area contributed by atoms with Gasteiger partial charge in [-0.05, 0) is 20.8 Å². The number of anilines is 1. The zero-order valence-corrected chi connectivity index (χ0v) is 11.3. The molecule has 0 aromatic carbocycles. The summed E-state index contributed by atoms with van der Waals surface area (Å²) in [4.78, 5) is 20.0. The number of amides is 1. The number of hydrogen-bond acceptors (Lipinski definition) is 5. The Labute approximate surface area is 115 Å². The maximum absolute atomic E-state index is 12.6. The van der Waals surface area contributed by atoms with Gasteiger partial charge in [-0.1, -0.05) is 0 Å². The van der Waals surface area contributed by atoms with Crippen molar-refractivity contribution in [3.63, 3.8) is 0 Å². The summed E-state index contributed by atoms with van der Waals surface area (Å²) in [6.07, 6.45) is -1.53. The van der Waals surface area contributed by atoms with E-state index in [-0.39, 0.29) is 11.5 Å². The Kier molecular flexibility index (Phi) is 4.91. The molecule has 0 atom stereocenters. The van der Waals surface area contributed by atoms with E-state index in [0.717, 1.165) is 12.4 Å². The number of halogens is 2. The van der Waals surface area contributed by atoms with Crippen LogP contribution in [0.5, 0.6) is 0 Å². The lowest BCUT2D eigenvalue weighted by molar-refractivity contribution is 0.0542. The minimum absolute atomic E-state index is 0.0231. The molecule has 0 saturated heterocycles. The highest BCUT2D eigenvalue weighted by Gasteiger charge is 2.27. The van der Waals surface area contributed by atoms with E-state index in [2.05, 4.69) is 9.97 Å². The Hall–Kier alpha value is -2.30. The van der Waals surface area contributed by atoms with Crippen LogP contribution < -0.4 is 4.90 Å². The number of alkyl halides is 2. The molecule has 0 unspecified atom stereocenters. The first kappa shape index (κ1) is 15.8. The highest BCUT2D eigenvalue weighted by Crippen LogP contribution is 2.16. The number of nitriles is 1. The summed E-state index contributed by atoms with van der Waals surface area (Å²) in [6.45, 7) is 4.00. The van der Waals surface area contributed by atoms with Crippen LogP contribution in [0.2, 0.25) is 0 Å². The van der Waals surface area contributed by atoms with Gasteiger partial charge in [0.15, 0.2) is 11.5 Å². The first-order valence-electron chi connectivity index (χ1n) is 5.74. The van der Waals surface area contributed by atoms with E-state index in [1.807, 2.05) is 0 Å². The Morgan fingerprint density at radius 1 is 1.45 bits per heavy atom. The van der Waals surface area contributed by atoms with Gasteiger partial charge in [-0.3, -0.25) is 4.90 Å². The molecule has 1 rings (SSSR count). The molecule has 0 aliphatic heterocycles. The average Bonchev–Trinajstić information content (AvgIpc) is 2.34. The van der Waals surface area contributed by atoms with E-state index in [1.165, 1.54) is 0 Å². The van der Waals surface area contributed by atoms with Gasteiger partial charge in [-0.2, -0.15) is 5.26 Å². The minimum Gasteiger partial charge on any atom is -0.443 e. The zero-order valence-electron chi connectivity index (χ0n) is 11.3. The maximum atomic E-state index is 12.6. The summed E-state index contributed by atoms with van der Waals surface area (Å²) in [5.74, 6) is -0.0986. The van der Waals surface area contributed by atoms with Crippen LogP contribution in [-0.4, -0.2) is 34.6 Å². The van der Waals surface area contributed by atoms with Gasteiger partial charge in [0.1, 0.15) is 11.7 Å². The van der Waals surface area contributed by atoms with Crippen molar-refractivity contribution in [3.8, 4) is 6.07 Å². The molecule has 0 spiro atoms. The molecule has 6 nitrogen and oxygen atoms in total. The largest absolute Gasteiger partial charge is 0.443 e. The van der Waals surface area contributed by atoms with Crippen molar-refractivity contribution in [2.75, 3.05) is 11.4 Å². The topological polar surface area (TPSA) is 79.1 Å². The molecule has 0 radical (unpaired) electrons. The number of carbonyl (C=O) groups is 1. The number of hydrogen-bond donors (Lipinski definition) is 0. The number of aromatic nitrogens is 2. The van der Waals surface area contributed by atoms with E-state index in [4.69, 9.17) is 10.00 Å². The molecule has 20 heavy (non-hydrogen) atoms. The van der Waals surface area contributed by atoms with Gasteiger partial charge >= 0.3 is 6.09 Å². The number of rotatable bonds is 3. The Bertz CT molecular complexity index is 506. The fourth-order valence-electron chi connectivity index (χ4n) is 1.23. The molecule has 1 aromatic heterocycles. The molecule has 0 bridgehead atoms. The van der Waals surface area contributed by atoms with Gasteiger partial charge < -0.3 is 4.74 Å². The monoisotopic (exact) mass is 284 g/mol. The second-order valence-corrected chi connectivity index (χ2v) is 4.85. The summed E-state index contributed by atoms with van der Waals surface area (Å²) in [5.41, 5.74) is -0.799. The summed E-state index contributed by atoms with van der Waals surface area (Å²) in [7, 11) is 0. The van der Waals surface area contributed by atoms with Gasteiger partial charge in [0.05, 0.1) is 18.9 Å². The molecular formula is C12H14F2N4O2. The first-order chi connectivity index (χ1) is 9.23. The van der Waals surface area contributed by atoms with Crippen molar-refractivity contribution in [2.45, 2.75) is 32.8 Å². The van der Waals surface area contributed by atoms with E-state index < -0.39 is 24.7 Å². The lowest BCUT2D eigenvalue weighted by Gasteiger charge is -2.26. The molecule has 1 aromatic rings. The van der Waals surface area contributed by atoms with Crippen LogP contribution in [0, 0.1) is 11.3 Å². The predicted molar refractivity (Wildman–Crippen MR) is 66.3 cm³/mol. The normalized spacial score (nSPS) is 11.1. The Balaban J connectivity index is 2.99.